The van der Waals surface area contributed by atoms with Crippen molar-refractivity contribution in [1.82, 2.24) is 10.2 Å². The molecule has 1 aliphatic heterocycles. The molecule has 1 aromatic rings. The number of carbonyl (C=O) groups excluding carboxylic acids is 4. The van der Waals surface area contributed by atoms with Crippen LogP contribution in [0.15, 0.2) is 30.3 Å². The Hall–Kier alpha value is -2.90. The van der Waals surface area contributed by atoms with Crippen LogP contribution in [0.25, 0.3) is 0 Å². The monoisotopic (exact) mass is 388 g/mol. The summed E-state index contributed by atoms with van der Waals surface area (Å²) in [5.41, 5.74) is 0.852. The molecule has 3 rings (SSSR count). The quantitative estimate of drug-likeness (QED) is 0.766. The second kappa shape index (κ2) is 8.86. The molecule has 8 heteroatoms. The van der Waals surface area contributed by atoms with E-state index in [-0.39, 0.29) is 30.8 Å². The summed E-state index contributed by atoms with van der Waals surface area (Å²) in [5, 5.41) is 2.60. The number of nitrogens with one attached hydrogen (secondary N) is 1. The molecule has 0 spiro atoms. The van der Waals surface area contributed by atoms with E-state index < -0.39 is 24.0 Å². The number of nitrogens with zero attached hydrogens (tertiary/aromatic N) is 1. The van der Waals surface area contributed by atoms with Crippen LogP contribution in [0.2, 0.25) is 0 Å². The van der Waals surface area contributed by atoms with Crippen molar-refractivity contribution in [1.29, 1.82) is 0 Å². The van der Waals surface area contributed by atoms with Gasteiger partial charge in [0.15, 0.2) is 0 Å². The third kappa shape index (κ3) is 4.49. The van der Waals surface area contributed by atoms with E-state index in [0.717, 1.165) is 5.56 Å². The summed E-state index contributed by atoms with van der Waals surface area (Å²) in [4.78, 5) is 50.2. The highest BCUT2D eigenvalue weighted by atomic mass is 16.5. The fraction of sp³-hybridized carbons (Fsp3) is 0.500. The Bertz CT molecular complexity index is 750. The van der Waals surface area contributed by atoms with Gasteiger partial charge in [-0.3, -0.25) is 14.4 Å². The first kappa shape index (κ1) is 19.9. The van der Waals surface area contributed by atoms with Gasteiger partial charge in [0.1, 0.15) is 18.4 Å². The molecular weight excluding hydrogens is 364 g/mol. The highest BCUT2D eigenvalue weighted by Gasteiger charge is 2.44. The number of methoxy groups -OCH3 is 1. The maximum Gasteiger partial charge on any atom is 0.408 e. The summed E-state index contributed by atoms with van der Waals surface area (Å²) < 4.78 is 9.98. The molecule has 1 N–H and O–H groups in total. The third-order valence-corrected chi connectivity index (χ3v) is 5.28. The average molecular weight is 388 g/mol. The lowest BCUT2D eigenvalue weighted by atomic mass is 9.83. The number of hydrogen-bond donors (Lipinski definition) is 1. The van der Waals surface area contributed by atoms with Gasteiger partial charge in [0.05, 0.1) is 13.0 Å². The number of carbonyl (C=O) groups is 4. The Morgan fingerprint density at radius 2 is 1.93 bits per heavy atom. The predicted octanol–water partition coefficient (Wildman–Crippen LogP) is 1.42. The minimum Gasteiger partial charge on any atom is -0.469 e. The first-order valence-electron chi connectivity index (χ1n) is 9.37. The number of amides is 2. The number of rotatable bonds is 5. The average Bonchev–Trinajstić information content (AvgIpc) is 3.06. The van der Waals surface area contributed by atoms with Gasteiger partial charge in [-0.05, 0) is 18.4 Å². The maximum absolute atomic E-state index is 12.8. The lowest BCUT2D eigenvalue weighted by molar-refractivity contribution is -0.153. The molecule has 0 aromatic heterocycles. The van der Waals surface area contributed by atoms with Crippen LogP contribution in [0.3, 0.4) is 0 Å². The summed E-state index contributed by atoms with van der Waals surface area (Å²) >= 11 is 0. The van der Waals surface area contributed by atoms with Crippen LogP contribution in [-0.4, -0.2) is 54.4 Å². The van der Waals surface area contributed by atoms with Crippen molar-refractivity contribution in [3.05, 3.63) is 35.9 Å². The first-order chi connectivity index (χ1) is 13.5. The zero-order valence-electron chi connectivity index (χ0n) is 15.8. The fourth-order valence-corrected chi connectivity index (χ4v) is 3.83. The van der Waals surface area contributed by atoms with Gasteiger partial charge >= 0.3 is 12.1 Å². The SMILES string of the molecule is COC(=O)[C@@H]1CC(=O)CC[C@@H]1N1CC[C@H](NC(=O)OCc2ccccc2)C1=O. The van der Waals surface area contributed by atoms with E-state index in [4.69, 9.17) is 9.47 Å². The largest absolute Gasteiger partial charge is 0.469 e. The van der Waals surface area contributed by atoms with Crippen LogP contribution in [0.5, 0.6) is 0 Å². The van der Waals surface area contributed by atoms with Crippen molar-refractivity contribution >= 4 is 23.8 Å². The predicted molar refractivity (Wildman–Crippen MR) is 98.0 cm³/mol. The van der Waals surface area contributed by atoms with E-state index in [2.05, 4.69) is 5.32 Å². The molecular formula is C20H24N2O6. The molecule has 150 valence electrons. The van der Waals surface area contributed by atoms with E-state index in [1.807, 2.05) is 30.3 Å². The van der Waals surface area contributed by atoms with E-state index in [0.29, 0.717) is 25.8 Å². The van der Waals surface area contributed by atoms with E-state index in [9.17, 15) is 19.2 Å². The minimum absolute atomic E-state index is 0.00235. The number of Topliss-reactive ketones (excluding diaryl/α,β-unsaturated/α-hetero) is 1. The lowest BCUT2D eigenvalue weighted by Gasteiger charge is -2.35. The van der Waals surface area contributed by atoms with E-state index >= 15 is 0 Å². The molecule has 1 saturated heterocycles. The number of ether oxygens (including phenoxy) is 2. The van der Waals surface area contributed by atoms with Gasteiger partial charge < -0.3 is 19.7 Å². The molecule has 8 nitrogen and oxygen atoms in total. The number of hydrogen-bond acceptors (Lipinski definition) is 6. The molecule has 0 radical (unpaired) electrons. The fourth-order valence-electron chi connectivity index (χ4n) is 3.83. The zero-order chi connectivity index (χ0) is 20.1. The smallest absolute Gasteiger partial charge is 0.408 e. The number of ketones is 1. The van der Waals surface area contributed by atoms with Crippen LogP contribution in [0.4, 0.5) is 4.79 Å². The molecule has 2 fully saturated rings. The van der Waals surface area contributed by atoms with Gasteiger partial charge in [-0.1, -0.05) is 30.3 Å². The summed E-state index contributed by atoms with van der Waals surface area (Å²) in [6.45, 7) is 0.529. The molecule has 2 amide bonds. The van der Waals surface area contributed by atoms with Crippen LogP contribution in [0, 0.1) is 5.92 Å². The Balaban J connectivity index is 1.56. The van der Waals surface area contributed by atoms with Crippen LogP contribution in [0.1, 0.15) is 31.2 Å². The standard InChI is InChI=1S/C20H24N2O6/c1-27-19(25)15-11-14(23)7-8-17(15)22-10-9-16(18(22)24)21-20(26)28-12-13-5-3-2-4-6-13/h2-6,15-17H,7-12H2,1H3,(H,21,26)/t15-,16+,17+/m1/s1. The highest BCUT2D eigenvalue weighted by molar-refractivity contribution is 5.90. The molecule has 1 saturated carbocycles. The van der Waals surface area contributed by atoms with Gasteiger partial charge in [-0.25, -0.2) is 4.79 Å². The Morgan fingerprint density at radius 3 is 2.64 bits per heavy atom. The normalized spacial score (nSPS) is 24.8. The summed E-state index contributed by atoms with van der Waals surface area (Å²) in [7, 11) is 1.28. The van der Waals surface area contributed by atoms with Crippen molar-refractivity contribution in [2.45, 2.75) is 44.4 Å². The number of likely N-dealkylation sites (tertiary alicyclic amines) is 1. The molecule has 1 aromatic carbocycles. The highest BCUT2D eigenvalue weighted by Crippen LogP contribution is 2.30. The van der Waals surface area contributed by atoms with Crippen LogP contribution < -0.4 is 5.32 Å². The lowest BCUT2D eigenvalue weighted by Crippen LogP contribution is -2.50. The Morgan fingerprint density at radius 1 is 1.18 bits per heavy atom. The topological polar surface area (TPSA) is 102 Å². The van der Waals surface area contributed by atoms with Gasteiger partial charge in [0.25, 0.3) is 0 Å². The van der Waals surface area contributed by atoms with Gasteiger partial charge in [-0.2, -0.15) is 0 Å². The molecule has 0 bridgehead atoms. The summed E-state index contributed by atoms with van der Waals surface area (Å²) in [6, 6.07) is 8.17. The second-order valence-electron chi connectivity index (χ2n) is 7.06. The summed E-state index contributed by atoms with van der Waals surface area (Å²) in [6.07, 6.45) is 0.609. The van der Waals surface area contributed by atoms with Crippen LogP contribution in [-0.2, 0) is 30.5 Å². The molecule has 28 heavy (non-hydrogen) atoms. The Kier molecular flexibility index (Phi) is 6.28. The third-order valence-electron chi connectivity index (χ3n) is 5.28. The molecule has 3 atom stereocenters. The van der Waals surface area contributed by atoms with E-state index in [1.54, 1.807) is 4.90 Å². The Labute approximate surface area is 163 Å². The van der Waals surface area contributed by atoms with Crippen molar-refractivity contribution in [2.24, 2.45) is 5.92 Å². The van der Waals surface area contributed by atoms with Crippen molar-refractivity contribution < 1.29 is 28.7 Å². The van der Waals surface area contributed by atoms with Crippen molar-refractivity contribution in [2.75, 3.05) is 13.7 Å². The van der Waals surface area contributed by atoms with Crippen molar-refractivity contribution in [3.8, 4) is 0 Å². The maximum atomic E-state index is 12.8. The first-order valence-corrected chi connectivity index (χ1v) is 9.37. The molecule has 2 aliphatic rings. The summed E-state index contributed by atoms with van der Waals surface area (Å²) in [5.74, 6) is -1.40. The molecule has 1 heterocycles. The molecule has 1 aliphatic carbocycles. The number of esters is 1. The van der Waals surface area contributed by atoms with Gasteiger partial charge in [0.2, 0.25) is 5.91 Å². The van der Waals surface area contributed by atoms with E-state index in [1.165, 1.54) is 7.11 Å². The second-order valence-corrected chi connectivity index (χ2v) is 7.06. The van der Waals surface area contributed by atoms with Gasteiger partial charge in [-0.15, -0.1) is 0 Å². The number of benzene rings is 1. The molecule has 0 unspecified atom stereocenters. The van der Waals surface area contributed by atoms with Crippen LogP contribution >= 0.6 is 0 Å². The minimum atomic E-state index is -0.695. The number of alkyl carbamates (subject to hydrolysis) is 1. The van der Waals surface area contributed by atoms with Gasteiger partial charge in [0, 0.05) is 25.4 Å². The zero-order valence-corrected chi connectivity index (χ0v) is 15.8. The van der Waals surface area contributed by atoms with Crippen molar-refractivity contribution in [3.63, 3.8) is 0 Å².